The number of carbonyl (C=O) groups is 2. The fourth-order valence-corrected chi connectivity index (χ4v) is 6.98. The number of ketones is 2. The molecule has 0 aliphatic carbocycles. The molecule has 3 aromatic rings. The second kappa shape index (κ2) is 12.3. The van der Waals surface area contributed by atoms with E-state index >= 15 is 0 Å². The Kier molecular flexibility index (Phi) is 9.00. The molecule has 0 bridgehead atoms. The first kappa shape index (κ1) is 29.9. The molecule has 4 unspecified atom stereocenters. The van der Waals surface area contributed by atoms with Crippen LogP contribution in [0.3, 0.4) is 0 Å². The van der Waals surface area contributed by atoms with Gasteiger partial charge in [-0.3, -0.25) is 19.4 Å². The quantitative estimate of drug-likeness (QED) is 0.349. The van der Waals surface area contributed by atoms with E-state index in [-0.39, 0.29) is 29.6 Å². The molecule has 3 aromatic carbocycles. The highest BCUT2D eigenvalue weighted by Gasteiger charge is 2.52. The third-order valence-corrected chi connectivity index (χ3v) is 9.36. The normalized spacial score (nSPS) is 25.7. The van der Waals surface area contributed by atoms with Crippen molar-refractivity contribution < 1.29 is 9.59 Å². The molecule has 41 heavy (non-hydrogen) atoms. The van der Waals surface area contributed by atoms with Crippen molar-refractivity contribution >= 4 is 34.8 Å². The van der Waals surface area contributed by atoms with Crippen molar-refractivity contribution in [2.45, 2.75) is 51.5 Å². The lowest BCUT2D eigenvalue weighted by atomic mass is 9.75. The smallest absolute Gasteiger partial charge is 0.167 e. The van der Waals surface area contributed by atoms with E-state index in [0.29, 0.717) is 54.8 Å². The molecular weight excluding hydrogens is 555 g/mol. The van der Waals surface area contributed by atoms with Crippen molar-refractivity contribution in [3.63, 3.8) is 0 Å². The zero-order chi connectivity index (χ0) is 29.3. The summed E-state index contributed by atoms with van der Waals surface area (Å²) in [5.41, 5.74) is 10.6. The molecular formula is C33H38Cl2N4O2. The Bertz CT molecular complexity index is 1410. The fourth-order valence-electron chi connectivity index (χ4n) is 6.68. The van der Waals surface area contributed by atoms with Gasteiger partial charge in [0.1, 0.15) is 5.66 Å². The van der Waals surface area contributed by atoms with Crippen LogP contribution in [0.15, 0.2) is 66.7 Å². The van der Waals surface area contributed by atoms with Crippen LogP contribution < -0.4 is 11.1 Å². The number of piperidine rings is 1. The number of nitrogens with one attached hydrogen (secondary N) is 1. The van der Waals surface area contributed by atoms with Gasteiger partial charge >= 0.3 is 0 Å². The third-order valence-electron chi connectivity index (χ3n) is 8.62. The van der Waals surface area contributed by atoms with Gasteiger partial charge in [0.05, 0.1) is 16.1 Å². The Morgan fingerprint density at radius 3 is 2.34 bits per heavy atom. The number of rotatable bonds is 7. The molecule has 3 N–H and O–H groups in total. The lowest BCUT2D eigenvalue weighted by Crippen LogP contribution is -2.75. The third kappa shape index (κ3) is 6.14. The summed E-state index contributed by atoms with van der Waals surface area (Å²) in [7, 11) is 0. The Morgan fingerprint density at radius 2 is 1.68 bits per heavy atom. The second-order valence-electron chi connectivity index (χ2n) is 11.6. The van der Waals surface area contributed by atoms with E-state index in [1.54, 1.807) is 6.92 Å². The molecule has 0 saturated carbocycles. The molecule has 4 atom stereocenters. The van der Waals surface area contributed by atoms with E-state index in [1.165, 1.54) is 5.56 Å². The van der Waals surface area contributed by atoms with Gasteiger partial charge < -0.3 is 11.1 Å². The first-order valence-corrected chi connectivity index (χ1v) is 15.0. The zero-order valence-corrected chi connectivity index (χ0v) is 25.4. The summed E-state index contributed by atoms with van der Waals surface area (Å²) in [6, 6.07) is 21.4. The first-order valence-electron chi connectivity index (χ1n) is 14.2. The van der Waals surface area contributed by atoms with Gasteiger partial charge in [-0.05, 0) is 69.1 Å². The van der Waals surface area contributed by atoms with E-state index in [4.69, 9.17) is 28.9 Å². The summed E-state index contributed by atoms with van der Waals surface area (Å²) in [6.45, 7) is 8.46. The van der Waals surface area contributed by atoms with Crippen molar-refractivity contribution in [3.8, 4) is 0 Å². The number of hydrogen-bond donors (Lipinski definition) is 2. The maximum atomic E-state index is 14.5. The number of carbonyl (C=O) groups excluding carboxylic acids is 2. The maximum absolute atomic E-state index is 14.5. The highest BCUT2D eigenvalue weighted by atomic mass is 35.5. The first-order chi connectivity index (χ1) is 19.6. The summed E-state index contributed by atoms with van der Waals surface area (Å²) in [6.07, 6.45) is 0.638. The molecule has 0 radical (unpaired) electrons. The number of aryl methyl sites for hydroxylation is 2. The summed E-state index contributed by atoms with van der Waals surface area (Å²) < 4.78 is 0. The van der Waals surface area contributed by atoms with E-state index in [2.05, 4.69) is 33.3 Å². The van der Waals surface area contributed by atoms with E-state index < -0.39 is 5.66 Å². The molecule has 2 fully saturated rings. The molecule has 216 valence electrons. The number of hydrogen-bond acceptors (Lipinski definition) is 6. The van der Waals surface area contributed by atoms with Gasteiger partial charge in [0.2, 0.25) is 0 Å². The predicted molar refractivity (Wildman–Crippen MR) is 165 cm³/mol. The van der Waals surface area contributed by atoms with E-state index in [1.807, 2.05) is 62.4 Å². The highest BCUT2D eigenvalue weighted by molar-refractivity contribution is 6.42. The molecule has 0 amide bonds. The van der Waals surface area contributed by atoms with E-state index in [9.17, 15) is 9.59 Å². The van der Waals surface area contributed by atoms with Crippen LogP contribution in [-0.4, -0.2) is 59.3 Å². The predicted octanol–water partition coefficient (Wildman–Crippen LogP) is 5.57. The highest BCUT2D eigenvalue weighted by Crippen LogP contribution is 2.43. The lowest BCUT2D eigenvalue weighted by molar-refractivity contribution is -0.137. The van der Waals surface area contributed by atoms with Gasteiger partial charge in [0.25, 0.3) is 0 Å². The van der Waals surface area contributed by atoms with Crippen LogP contribution in [-0.2, 0) is 11.3 Å². The van der Waals surface area contributed by atoms with Gasteiger partial charge in [0, 0.05) is 43.7 Å². The number of likely N-dealkylation sites (tertiary alicyclic amines) is 1. The minimum Gasteiger partial charge on any atom is -0.312 e. The molecule has 5 rings (SSSR count). The van der Waals surface area contributed by atoms with Crippen molar-refractivity contribution in [1.29, 1.82) is 0 Å². The number of Topliss-reactive ketones (excluding diaryl/α,β-unsaturated/α-hetero) is 2. The van der Waals surface area contributed by atoms with Crippen LogP contribution >= 0.6 is 23.2 Å². The molecule has 2 aliphatic heterocycles. The second-order valence-corrected chi connectivity index (χ2v) is 12.4. The number of piperazine rings is 1. The van der Waals surface area contributed by atoms with Crippen molar-refractivity contribution in [2.24, 2.45) is 11.7 Å². The number of halogens is 2. The largest absolute Gasteiger partial charge is 0.312 e. The number of nitrogens with two attached hydrogens (primary N) is 1. The van der Waals surface area contributed by atoms with Crippen LogP contribution in [0.4, 0.5) is 0 Å². The van der Waals surface area contributed by atoms with Gasteiger partial charge in [-0.15, -0.1) is 0 Å². The summed E-state index contributed by atoms with van der Waals surface area (Å²) in [5, 5.41) is 4.24. The lowest BCUT2D eigenvalue weighted by Gasteiger charge is -2.55. The SMILES string of the molecule is CC(=O)C1(N)CNCCN1C1C(C(=O)c2cc(C)cc(C)c2)CCN(Cc2ccccc2)C1c1ccc(Cl)c(Cl)c1. The van der Waals surface area contributed by atoms with Crippen LogP contribution in [0.1, 0.15) is 52.0 Å². The molecule has 2 saturated heterocycles. The molecule has 2 heterocycles. The van der Waals surface area contributed by atoms with Crippen molar-refractivity contribution in [2.75, 3.05) is 26.2 Å². The van der Waals surface area contributed by atoms with Crippen molar-refractivity contribution in [1.82, 2.24) is 15.1 Å². The fraction of sp³-hybridized carbons (Fsp3) is 0.394. The van der Waals surface area contributed by atoms with Gasteiger partial charge in [-0.2, -0.15) is 0 Å². The van der Waals surface area contributed by atoms with Gasteiger partial charge in [-0.1, -0.05) is 76.8 Å². The number of benzene rings is 3. The topological polar surface area (TPSA) is 78.7 Å². The summed E-state index contributed by atoms with van der Waals surface area (Å²) >= 11 is 13.0. The van der Waals surface area contributed by atoms with Crippen LogP contribution in [0.5, 0.6) is 0 Å². The zero-order valence-electron chi connectivity index (χ0n) is 23.9. The van der Waals surface area contributed by atoms with Crippen LogP contribution in [0.2, 0.25) is 10.0 Å². The van der Waals surface area contributed by atoms with Gasteiger partial charge in [0.15, 0.2) is 11.6 Å². The maximum Gasteiger partial charge on any atom is 0.167 e. The minimum absolute atomic E-state index is 0.0793. The Morgan fingerprint density at radius 1 is 0.976 bits per heavy atom. The average molecular weight is 594 g/mol. The molecule has 2 aliphatic rings. The summed E-state index contributed by atoms with van der Waals surface area (Å²) in [5.74, 6) is -0.436. The minimum atomic E-state index is -1.26. The van der Waals surface area contributed by atoms with E-state index in [0.717, 1.165) is 16.7 Å². The van der Waals surface area contributed by atoms with Gasteiger partial charge in [-0.25, -0.2) is 0 Å². The Balaban J connectivity index is 1.68. The van der Waals surface area contributed by atoms with Crippen LogP contribution in [0, 0.1) is 19.8 Å². The standard InChI is InChI=1S/C33H38Cl2N4O2/c1-21-15-22(2)17-26(16-21)32(41)27-11-13-38(19-24-7-5-4-6-8-24)30(25-9-10-28(34)29(35)18-25)31(27)39-14-12-37-20-33(39,36)23(3)40/h4-10,15-18,27,30-31,37H,11-14,19-20,36H2,1-3H3. The summed E-state index contributed by atoms with van der Waals surface area (Å²) in [4.78, 5) is 32.1. The van der Waals surface area contributed by atoms with Crippen LogP contribution in [0.25, 0.3) is 0 Å². The average Bonchev–Trinajstić information content (AvgIpc) is 2.94. The Hall–Kier alpha value is -2.58. The monoisotopic (exact) mass is 592 g/mol. The molecule has 6 nitrogen and oxygen atoms in total. The Labute approximate surface area is 252 Å². The van der Waals surface area contributed by atoms with Crippen molar-refractivity contribution in [3.05, 3.63) is 105 Å². The number of nitrogens with zero attached hydrogens (tertiary/aromatic N) is 2. The molecule has 0 aromatic heterocycles. The molecule has 0 spiro atoms. The molecule has 8 heteroatoms.